The van der Waals surface area contributed by atoms with Crippen LogP contribution in [0, 0.1) is 0 Å². The fourth-order valence-electron chi connectivity index (χ4n) is 0.0769. The Labute approximate surface area is 77.0 Å². The molecule has 0 radical (unpaired) electrons. The summed E-state index contributed by atoms with van der Waals surface area (Å²) in [6, 6.07) is 0. The van der Waals surface area contributed by atoms with Crippen LogP contribution in [0.15, 0.2) is 11.7 Å². The van der Waals surface area contributed by atoms with Crippen LogP contribution in [0.5, 0.6) is 0 Å². The van der Waals surface area contributed by atoms with Crippen molar-refractivity contribution in [1.29, 1.82) is 0 Å². The third-order valence-electron chi connectivity index (χ3n) is 0.233. The fraction of sp³-hybridized carbons (Fsp3) is 0. The van der Waals surface area contributed by atoms with E-state index in [0.29, 0.717) is 0 Å². The molecule has 0 aliphatic carbocycles. The van der Waals surface area contributed by atoms with Crippen molar-refractivity contribution >= 4 is 47.9 Å². The maximum absolute atomic E-state index is 9.54. The second-order valence-electron chi connectivity index (χ2n) is 0.800. The molecule has 0 aromatic heterocycles. The van der Waals surface area contributed by atoms with E-state index < -0.39 is 10.1 Å². The summed E-state index contributed by atoms with van der Waals surface area (Å²) in [4.78, 5) is 0. The molecule has 0 rings (SSSR count). The first-order chi connectivity index (χ1) is 3.06. The van der Waals surface area contributed by atoms with E-state index in [1.165, 1.54) is 0 Å². The summed E-state index contributed by atoms with van der Waals surface area (Å²) in [5.74, 6) is 0. The van der Waals surface area contributed by atoms with Gasteiger partial charge in [-0.05, 0) is 0 Å². The van der Waals surface area contributed by atoms with Gasteiger partial charge in [-0.3, -0.25) is 4.55 Å². The third kappa shape index (κ3) is 9.86. The summed E-state index contributed by atoms with van der Waals surface area (Å²) in [5, 5.41) is 7.95. The van der Waals surface area contributed by atoms with Crippen molar-refractivity contribution in [3.63, 3.8) is 0 Å². The van der Waals surface area contributed by atoms with Crippen LogP contribution in [-0.4, -0.2) is 55.8 Å². The van der Waals surface area contributed by atoms with Gasteiger partial charge >= 0.3 is 37.7 Å². The Balaban J connectivity index is 0. The molecule has 0 bridgehead atoms. The molecule has 0 aromatic carbocycles. The molecule has 0 saturated carbocycles. The van der Waals surface area contributed by atoms with E-state index >= 15 is 0 Å². The van der Waals surface area contributed by atoms with Gasteiger partial charge in [0.1, 0.15) is 0 Å². The zero-order valence-electron chi connectivity index (χ0n) is 3.27. The summed E-state index contributed by atoms with van der Waals surface area (Å²) in [6.07, 6.45) is 0.245. The van der Waals surface area contributed by atoms with Crippen LogP contribution in [0.4, 0.5) is 0 Å². The van der Waals surface area contributed by atoms with Crippen LogP contribution < -0.4 is 0 Å². The Bertz CT molecular complexity index is 157. The molecule has 6 heteroatoms. The third-order valence-corrected chi connectivity index (χ3v) is 0.698. The predicted molar refractivity (Wildman–Crippen MR) is 31.9 cm³/mol. The molecule has 0 spiro atoms. The SMILES string of the molecule is O=S(=O)(O)C=CO.[CaH2]. The van der Waals surface area contributed by atoms with Crippen molar-refractivity contribution in [2.24, 2.45) is 0 Å². The monoisotopic (exact) mass is 166 g/mol. The molecule has 0 aliphatic rings. The predicted octanol–water partition coefficient (Wildman–Crippen LogP) is -1.01. The first kappa shape index (κ1) is 11.5. The molecule has 2 N–H and O–H groups in total. The molecule has 0 amide bonds. The van der Waals surface area contributed by atoms with E-state index in [9.17, 15) is 8.42 Å². The van der Waals surface area contributed by atoms with Crippen LogP contribution in [0.3, 0.4) is 0 Å². The van der Waals surface area contributed by atoms with E-state index in [2.05, 4.69) is 0 Å². The molecule has 46 valence electrons. The van der Waals surface area contributed by atoms with Gasteiger partial charge < -0.3 is 5.11 Å². The Kier molecular flexibility index (Phi) is 6.58. The first-order valence-electron chi connectivity index (χ1n) is 1.34. The van der Waals surface area contributed by atoms with Gasteiger partial charge in [0.15, 0.2) is 0 Å². The van der Waals surface area contributed by atoms with Crippen molar-refractivity contribution in [2.75, 3.05) is 0 Å². The van der Waals surface area contributed by atoms with Crippen molar-refractivity contribution in [1.82, 2.24) is 0 Å². The molecule has 0 unspecified atom stereocenters. The van der Waals surface area contributed by atoms with Crippen LogP contribution in [0.1, 0.15) is 0 Å². The molecule has 0 saturated heterocycles. The first-order valence-corrected chi connectivity index (χ1v) is 2.85. The standard InChI is InChI=1S/C2H4O4S.Ca.2H/c3-1-2-7(4,5)6;;;/h1-3H,(H,4,5,6);;;. The van der Waals surface area contributed by atoms with Gasteiger partial charge in [-0.1, -0.05) is 0 Å². The summed E-state index contributed by atoms with van der Waals surface area (Å²) >= 11 is 0. The van der Waals surface area contributed by atoms with E-state index in [0.717, 1.165) is 0 Å². The summed E-state index contributed by atoms with van der Waals surface area (Å²) < 4.78 is 26.8. The van der Waals surface area contributed by atoms with Gasteiger partial charge in [0.05, 0.1) is 11.7 Å². The summed E-state index contributed by atoms with van der Waals surface area (Å²) in [5.41, 5.74) is 0. The van der Waals surface area contributed by atoms with Crippen molar-refractivity contribution in [2.45, 2.75) is 0 Å². The van der Waals surface area contributed by atoms with E-state index in [1.54, 1.807) is 0 Å². The van der Waals surface area contributed by atoms with Gasteiger partial charge in [-0.2, -0.15) is 8.42 Å². The van der Waals surface area contributed by atoms with E-state index in [4.69, 9.17) is 9.66 Å². The van der Waals surface area contributed by atoms with Crippen LogP contribution in [0.2, 0.25) is 0 Å². The van der Waals surface area contributed by atoms with E-state index in [-0.39, 0.29) is 49.4 Å². The summed E-state index contributed by atoms with van der Waals surface area (Å²) in [6.45, 7) is 0. The average molecular weight is 166 g/mol. The van der Waals surface area contributed by atoms with Gasteiger partial charge in [0.25, 0.3) is 10.1 Å². The van der Waals surface area contributed by atoms with Gasteiger partial charge in [0.2, 0.25) is 0 Å². The Morgan fingerprint density at radius 1 is 1.38 bits per heavy atom. The number of aliphatic hydroxyl groups excluding tert-OH is 1. The molecule has 0 aromatic rings. The zero-order chi connectivity index (χ0) is 5.91. The molecule has 8 heavy (non-hydrogen) atoms. The van der Waals surface area contributed by atoms with Crippen LogP contribution in [-0.2, 0) is 10.1 Å². The molecule has 0 atom stereocenters. The Morgan fingerprint density at radius 3 is 1.75 bits per heavy atom. The van der Waals surface area contributed by atoms with Crippen molar-refractivity contribution in [3.8, 4) is 0 Å². The normalized spacial score (nSPS) is 11.1. The number of hydrogen-bond acceptors (Lipinski definition) is 3. The Morgan fingerprint density at radius 2 is 1.75 bits per heavy atom. The topological polar surface area (TPSA) is 74.6 Å². The molecular weight excluding hydrogens is 160 g/mol. The van der Waals surface area contributed by atoms with Crippen molar-refractivity contribution < 1.29 is 18.1 Å². The van der Waals surface area contributed by atoms with Gasteiger partial charge in [-0.25, -0.2) is 0 Å². The number of aliphatic hydroxyl groups is 1. The molecule has 0 heterocycles. The number of hydrogen-bond donors (Lipinski definition) is 2. The van der Waals surface area contributed by atoms with Gasteiger partial charge in [0, 0.05) is 0 Å². The molecule has 0 fully saturated rings. The quantitative estimate of drug-likeness (QED) is 0.297. The molecular formula is C2H6CaO4S. The average Bonchev–Trinajstić information content (AvgIpc) is 1.30. The summed E-state index contributed by atoms with van der Waals surface area (Å²) in [7, 11) is -4.10. The van der Waals surface area contributed by atoms with Gasteiger partial charge in [-0.15, -0.1) is 0 Å². The van der Waals surface area contributed by atoms with Crippen LogP contribution >= 0.6 is 0 Å². The Hall–Kier alpha value is 0.710. The number of rotatable bonds is 1. The van der Waals surface area contributed by atoms with Crippen LogP contribution in [0.25, 0.3) is 0 Å². The zero-order valence-corrected chi connectivity index (χ0v) is 4.09. The minimum atomic E-state index is -4.10. The molecule has 4 nitrogen and oxygen atoms in total. The second-order valence-corrected chi connectivity index (χ2v) is 2.10. The van der Waals surface area contributed by atoms with Crippen molar-refractivity contribution in [3.05, 3.63) is 11.7 Å². The van der Waals surface area contributed by atoms with E-state index in [1.807, 2.05) is 0 Å². The minimum absolute atomic E-state index is 0. The maximum atomic E-state index is 9.54. The fourth-order valence-corrected chi connectivity index (χ4v) is 0.231. The second kappa shape index (κ2) is 4.58. The molecule has 0 aliphatic heterocycles.